The average molecular weight is 262 g/mol. The van der Waals surface area contributed by atoms with Gasteiger partial charge in [-0.2, -0.15) is 0 Å². The van der Waals surface area contributed by atoms with E-state index < -0.39 is 0 Å². The number of rotatable bonds is 1. The zero-order valence-corrected chi connectivity index (χ0v) is 10.3. The number of aryl methyl sites for hydroxylation is 1. The van der Waals surface area contributed by atoms with Gasteiger partial charge in [0.25, 0.3) is 0 Å². The van der Waals surface area contributed by atoms with Crippen LogP contribution in [-0.4, -0.2) is 14.4 Å². The Morgan fingerprint density at radius 2 is 2.06 bits per heavy atom. The van der Waals surface area contributed by atoms with Gasteiger partial charge < -0.3 is 0 Å². The molecular weight excluding hydrogens is 253 g/mol. The van der Waals surface area contributed by atoms with Gasteiger partial charge in [-0.05, 0) is 19.1 Å². The Hall–Kier alpha value is -1.94. The van der Waals surface area contributed by atoms with E-state index in [-0.39, 0.29) is 5.82 Å². The normalized spacial score (nSPS) is 11.1. The van der Waals surface area contributed by atoms with E-state index in [0.717, 1.165) is 0 Å². The van der Waals surface area contributed by atoms with Gasteiger partial charge in [-0.1, -0.05) is 17.7 Å². The molecule has 0 saturated heterocycles. The first kappa shape index (κ1) is 11.2. The van der Waals surface area contributed by atoms with Crippen LogP contribution in [0, 0.1) is 12.7 Å². The van der Waals surface area contributed by atoms with Crippen LogP contribution in [0.25, 0.3) is 16.8 Å². The SMILES string of the molecule is Cc1ncn2ccnc2c1-c1c(F)cccc1Cl. The molecule has 0 unspecified atom stereocenters. The molecular formula is C13H9ClFN3. The summed E-state index contributed by atoms with van der Waals surface area (Å²) in [6.45, 7) is 1.81. The third kappa shape index (κ3) is 1.57. The molecule has 3 rings (SSSR count). The summed E-state index contributed by atoms with van der Waals surface area (Å²) in [6, 6.07) is 4.62. The number of benzene rings is 1. The number of fused-ring (bicyclic) bond motifs is 1. The minimum atomic E-state index is -0.372. The standard InChI is InChI=1S/C13H9ClFN3/c1-8-11(12-9(14)3-2-4-10(12)15)13-16-5-6-18(13)7-17-8/h2-7H,1H3. The first-order valence-corrected chi connectivity index (χ1v) is 5.79. The van der Waals surface area contributed by atoms with Crippen molar-refractivity contribution in [2.24, 2.45) is 0 Å². The molecule has 18 heavy (non-hydrogen) atoms. The molecule has 2 aromatic heterocycles. The Morgan fingerprint density at radius 1 is 1.22 bits per heavy atom. The van der Waals surface area contributed by atoms with Crippen LogP contribution in [0.15, 0.2) is 36.9 Å². The summed E-state index contributed by atoms with van der Waals surface area (Å²) in [5.41, 5.74) is 2.32. The second-order valence-electron chi connectivity index (χ2n) is 3.96. The van der Waals surface area contributed by atoms with E-state index >= 15 is 0 Å². The number of hydrogen-bond donors (Lipinski definition) is 0. The zero-order valence-electron chi connectivity index (χ0n) is 9.56. The van der Waals surface area contributed by atoms with Crippen molar-refractivity contribution in [2.75, 3.05) is 0 Å². The van der Waals surface area contributed by atoms with Crippen LogP contribution in [0.1, 0.15) is 5.69 Å². The predicted octanol–water partition coefficient (Wildman–Crippen LogP) is 3.50. The van der Waals surface area contributed by atoms with Gasteiger partial charge >= 0.3 is 0 Å². The summed E-state index contributed by atoms with van der Waals surface area (Å²) < 4.78 is 15.7. The summed E-state index contributed by atoms with van der Waals surface area (Å²) in [4.78, 5) is 8.47. The minimum Gasteiger partial charge on any atom is -0.290 e. The molecule has 3 nitrogen and oxygen atoms in total. The molecule has 0 aliphatic rings. The van der Waals surface area contributed by atoms with Gasteiger partial charge in [-0.25, -0.2) is 14.4 Å². The van der Waals surface area contributed by atoms with Gasteiger partial charge in [-0.3, -0.25) is 4.40 Å². The van der Waals surface area contributed by atoms with Crippen molar-refractivity contribution in [3.05, 3.63) is 53.5 Å². The summed E-state index contributed by atoms with van der Waals surface area (Å²) in [7, 11) is 0. The number of imidazole rings is 1. The number of halogens is 2. The van der Waals surface area contributed by atoms with Gasteiger partial charge in [0, 0.05) is 18.0 Å². The number of hydrogen-bond acceptors (Lipinski definition) is 2. The Kier molecular flexibility index (Phi) is 2.52. The van der Waals surface area contributed by atoms with E-state index in [9.17, 15) is 4.39 Å². The smallest absolute Gasteiger partial charge is 0.147 e. The van der Waals surface area contributed by atoms with Crippen LogP contribution in [0.5, 0.6) is 0 Å². The molecule has 0 radical (unpaired) electrons. The topological polar surface area (TPSA) is 30.2 Å². The first-order valence-electron chi connectivity index (χ1n) is 5.41. The summed E-state index contributed by atoms with van der Waals surface area (Å²) >= 11 is 6.10. The lowest BCUT2D eigenvalue weighted by molar-refractivity contribution is 0.631. The van der Waals surface area contributed by atoms with E-state index in [1.165, 1.54) is 6.07 Å². The Balaban J connectivity index is 2.44. The van der Waals surface area contributed by atoms with Crippen LogP contribution in [-0.2, 0) is 0 Å². The van der Waals surface area contributed by atoms with Gasteiger partial charge in [0.1, 0.15) is 17.8 Å². The van der Waals surface area contributed by atoms with Crippen molar-refractivity contribution in [3.63, 3.8) is 0 Å². The van der Waals surface area contributed by atoms with Gasteiger partial charge in [-0.15, -0.1) is 0 Å². The van der Waals surface area contributed by atoms with Crippen molar-refractivity contribution in [1.29, 1.82) is 0 Å². The fraction of sp³-hybridized carbons (Fsp3) is 0.0769. The van der Waals surface area contributed by atoms with Crippen molar-refractivity contribution in [1.82, 2.24) is 14.4 Å². The summed E-state index contributed by atoms with van der Waals surface area (Å²) in [5.74, 6) is -0.372. The second-order valence-corrected chi connectivity index (χ2v) is 4.37. The predicted molar refractivity (Wildman–Crippen MR) is 68.1 cm³/mol. The highest BCUT2D eigenvalue weighted by Crippen LogP contribution is 2.34. The van der Waals surface area contributed by atoms with Crippen molar-refractivity contribution < 1.29 is 4.39 Å². The van der Waals surface area contributed by atoms with Gasteiger partial charge in [0.15, 0.2) is 0 Å². The van der Waals surface area contributed by atoms with E-state index in [1.54, 1.807) is 35.3 Å². The molecule has 90 valence electrons. The van der Waals surface area contributed by atoms with Gasteiger partial charge in [0.05, 0.1) is 16.3 Å². The third-order valence-corrected chi connectivity index (χ3v) is 3.16. The minimum absolute atomic E-state index is 0.348. The maximum atomic E-state index is 14.0. The average Bonchev–Trinajstić information content (AvgIpc) is 2.79. The maximum Gasteiger partial charge on any atom is 0.147 e. The maximum absolute atomic E-state index is 14.0. The fourth-order valence-electron chi connectivity index (χ4n) is 2.00. The fourth-order valence-corrected chi connectivity index (χ4v) is 2.26. The first-order chi connectivity index (χ1) is 8.68. The highest BCUT2D eigenvalue weighted by Gasteiger charge is 2.16. The molecule has 0 aliphatic carbocycles. The second kappa shape index (κ2) is 4.07. The molecule has 0 aliphatic heterocycles. The molecule has 0 N–H and O–H groups in total. The number of aromatic nitrogens is 3. The quantitative estimate of drug-likeness (QED) is 0.671. The molecule has 0 spiro atoms. The molecule has 5 heteroatoms. The lowest BCUT2D eigenvalue weighted by Crippen LogP contribution is -1.97. The van der Waals surface area contributed by atoms with E-state index in [2.05, 4.69) is 9.97 Å². The van der Waals surface area contributed by atoms with Crippen molar-refractivity contribution >= 4 is 17.2 Å². The van der Waals surface area contributed by atoms with Crippen LogP contribution in [0.2, 0.25) is 5.02 Å². The highest BCUT2D eigenvalue weighted by molar-refractivity contribution is 6.33. The molecule has 0 atom stereocenters. The molecule has 2 heterocycles. The Morgan fingerprint density at radius 3 is 2.83 bits per heavy atom. The van der Waals surface area contributed by atoms with E-state index in [1.807, 2.05) is 6.92 Å². The largest absolute Gasteiger partial charge is 0.290 e. The third-order valence-electron chi connectivity index (χ3n) is 2.84. The monoisotopic (exact) mass is 261 g/mol. The van der Waals surface area contributed by atoms with Crippen LogP contribution >= 0.6 is 11.6 Å². The zero-order chi connectivity index (χ0) is 12.7. The Bertz CT molecular complexity index is 716. The molecule has 3 aromatic rings. The molecule has 1 aromatic carbocycles. The highest BCUT2D eigenvalue weighted by atomic mass is 35.5. The Labute approximate surface area is 108 Å². The molecule has 0 saturated carbocycles. The molecule has 0 amide bonds. The van der Waals surface area contributed by atoms with Crippen LogP contribution < -0.4 is 0 Å². The summed E-state index contributed by atoms with van der Waals surface area (Å²) in [5, 5.41) is 0.357. The van der Waals surface area contributed by atoms with E-state index in [0.29, 0.717) is 27.5 Å². The van der Waals surface area contributed by atoms with Gasteiger partial charge in [0.2, 0.25) is 0 Å². The van der Waals surface area contributed by atoms with Crippen molar-refractivity contribution in [3.8, 4) is 11.1 Å². The summed E-state index contributed by atoms with van der Waals surface area (Å²) in [6.07, 6.45) is 5.06. The number of nitrogens with zero attached hydrogens (tertiary/aromatic N) is 3. The van der Waals surface area contributed by atoms with Crippen LogP contribution in [0.3, 0.4) is 0 Å². The molecule has 0 fully saturated rings. The van der Waals surface area contributed by atoms with Crippen LogP contribution in [0.4, 0.5) is 4.39 Å². The van der Waals surface area contributed by atoms with E-state index in [4.69, 9.17) is 11.6 Å². The van der Waals surface area contributed by atoms with Crippen molar-refractivity contribution in [2.45, 2.75) is 6.92 Å². The lowest BCUT2D eigenvalue weighted by Gasteiger charge is -2.10. The molecule has 0 bridgehead atoms. The lowest BCUT2D eigenvalue weighted by atomic mass is 10.0.